The molecule has 0 aliphatic carbocycles. The van der Waals surface area contributed by atoms with E-state index in [1.165, 1.54) is 12.1 Å². The van der Waals surface area contributed by atoms with Gasteiger partial charge in [-0.1, -0.05) is 12.1 Å². The first-order valence-electron chi connectivity index (χ1n) is 5.35. The number of aromatic nitrogens is 1. The average molecular weight is 231 g/mol. The van der Waals surface area contributed by atoms with E-state index in [1.54, 1.807) is 12.3 Å². The van der Waals surface area contributed by atoms with Crippen molar-refractivity contribution in [3.63, 3.8) is 0 Å². The molecule has 0 aliphatic heterocycles. The van der Waals surface area contributed by atoms with Crippen molar-refractivity contribution < 1.29 is 4.39 Å². The highest BCUT2D eigenvalue weighted by atomic mass is 19.1. The fraction of sp³-hybridized carbons (Fsp3) is 0.154. The Morgan fingerprint density at radius 2 is 2.12 bits per heavy atom. The molecule has 2 aromatic rings. The summed E-state index contributed by atoms with van der Waals surface area (Å²) in [7, 11) is 0. The van der Waals surface area contributed by atoms with Gasteiger partial charge in [-0.15, -0.1) is 0 Å². The molecule has 0 aliphatic rings. The van der Waals surface area contributed by atoms with E-state index in [2.05, 4.69) is 10.4 Å². The Kier molecular flexibility index (Phi) is 3.46. The maximum atomic E-state index is 13.3. The van der Waals surface area contributed by atoms with Gasteiger partial charge in [0, 0.05) is 6.20 Å². The van der Waals surface area contributed by atoms with E-state index in [-0.39, 0.29) is 11.9 Å². The molecular formula is C13H14FN3. The second kappa shape index (κ2) is 5.03. The monoisotopic (exact) mass is 231 g/mol. The molecule has 3 nitrogen and oxygen atoms in total. The van der Waals surface area contributed by atoms with Crippen LogP contribution < -0.4 is 11.3 Å². The fourth-order valence-corrected chi connectivity index (χ4v) is 1.80. The molecule has 1 atom stereocenters. The number of pyridine rings is 1. The number of hydrogen-bond acceptors (Lipinski definition) is 3. The highest BCUT2D eigenvalue weighted by molar-refractivity contribution is 5.34. The van der Waals surface area contributed by atoms with Crippen LogP contribution in [0.4, 0.5) is 4.39 Å². The molecular weight excluding hydrogens is 217 g/mol. The Morgan fingerprint density at radius 3 is 2.76 bits per heavy atom. The zero-order valence-electron chi connectivity index (χ0n) is 9.52. The lowest BCUT2D eigenvalue weighted by molar-refractivity contribution is 0.595. The SMILES string of the molecule is Cc1ccc(F)cc1C(NN)c1ccccn1. The maximum absolute atomic E-state index is 13.3. The molecule has 2 rings (SSSR count). The summed E-state index contributed by atoms with van der Waals surface area (Å²) in [5, 5.41) is 0. The molecule has 1 aromatic heterocycles. The number of hydrogen-bond donors (Lipinski definition) is 2. The smallest absolute Gasteiger partial charge is 0.123 e. The molecule has 1 unspecified atom stereocenters. The van der Waals surface area contributed by atoms with Gasteiger partial charge in [0.2, 0.25) is 0 Å². The van der Waals surface area contributed by atoms with E-state index in [4.69, 9.17) is 5.84 Å². The summed E-state index contributed by atoms with van der Waals surface area (Å²) in [6, 6.07) is 9.91. The van der Waals surface area contributed by atoms with Crippen molar-refractivity contribution in [2.45, 2.75) is 13.0 Å². The van der Waals surface area contributed by atoms with Crippen molar-refractivity contribution in [3.8, 4) is 0 Å². The van der Waals surface area contributed by atoms with Gasteiger partial charge in [0.25, 0.3) is 0 Å². The largest absolute Gasteiger partial charge is 0.271 e. The second-order valence-corrected chi connectivity index (χ2v) is 3.86. The van der Waals surface area contributed by atoms with E-state index in [9.17, 15) is 4.39 Å². The minimum atomic E-state index is -0.299. The molecule has 1 aromatic carbocycles. The van der Waals surface area contributed by atoms with Gasteiger partial charge in [0.15, 0.2) is 0 Å². The van der Waals surface area contributed by atoms with Crippen LogP contribution in [0, 0.1) is 12.7 Å². The van der Waals surface area contributed by atoms with Crippen LogP contribution >= 0.6 is 0 Å². The molecule has 17 heavy (non-hydrogen) atoms. The number of rotatable bonds is 3. The summed E-state index contributed by atoms with van der Waals surface area (Å²) >= 11 is 0. The van der Waals surface area contributed by atoms with Crippen LogP contribution in [-0.2, 0) is 0 Å². The first-order valence-corrected chi connectivity index (χ1v) is 5.35. The van der Waals surface area contributed by atoms with Crippen LogP contribution in [0.1, 0.15) is 22.9 Å². The number of nitrogens with zero attached hydrogens (tertiary/aromatic N) is 1. The molecule has 0 bridgehead atoms. The molecule has 0 fully saturated rings. The normalized spacial score (nSPS) is 12.4. The van der Waals surface area contributed by atoms with Crippen LogP contribution in [0.3, 0.4) is 0 Å². The Morgan fingerprint density at radius 1 is 1.29 bits per heavy atom. The van der Waals surface area contributed by atoms with Crippen molar-refractivity contribution in [1.82, 2.24) is 10.4 Å². The summed E-state index contributed by atoms with van der Waals surface area (Å²) < 4.78 is 13.3. The minimum Gasteiger partial charge on any atom is -0.271 e. The quantitative estimate of drug-likeness (QED) is 0.628. The van der Waals surface area contributed by atoms with Gasteiger partial charge in [-0.05, 0) is 42.3 Å². The minimum absolute atomic E-state index is 0.276. The van der Waals surface area contributed by atoms with Crippen LogP contribution in [0.2, 0.25) is 0 Å². The second-order valence-electron chi connectivity index (χ2n) is 3.86. The molecule has 88 valence electrons. The predicted molar refractivity (Wildman–Crippen MR) is 64.5 cm³/mol. The number of halogens is 1. The summed E-state index contributed by atoms with van der Waals surface area (Å²) in [5.41, 5.74) is 5.21. The molecule has 0 saturated heterocycles. The van der Waals surface area contributed by atoms with Gasteiger partial charge in [-0.25, -0.2) is 9.82 Å². The first-order chi connectivity index (χ1) is 8.22. The third-order valence-electron chi connectivity index (χ3n) is 2.70. The highest BCUT2D eigenvalue weighted by Crippen LogP contribution is 2.23. The lowest BCUT2D eigenvalue weighted by atomic mass is 9.98. The van der Waals surface area contributed by atoms with E-state index in [0.29, 0.717) is 0 Å². The molecule has 1 heterocycles. The first kappa shape index (κ1) is 11.7. The van der Waals surface area contributed by atoms with Gasteiger partial charge >= 0.3 is 0 Å². The van der Waals surface area contributed by atoms with Gasteiger partial charge in [0.05, 0.1) is 11.7 Å². The zero-order chi connectivity index (χ0) is 12.3. The van der Waals surface area contributed by atoms with E-state index < -0.39 is 0 Å². The Hall–Kier alpha value is -1.78. The van der Waals surface area contributed by atoms with E-state index in [1.807, 2.05) is 25.1 Å². The van der Waals surface area contributed by atoms with Gasteiger partial charge in [0.1, 0.15) is 5.82 Å². The number of hydrazine groups is 1. The van der Waals surface area contributed by atoms with E-state index >= 15 is 0 Å². The molecule has 0 amide bonds. The van der Waals surface area contributed by atoms with Crippen molar-refractivity contribution >= 4 is 0 Å². The van der Waals surface area contributed by atoms with E-state index in [0.717, 1.165) is 16.8 Å². The molecule has 0 radical (unpaired) electrons. The summed E-state index contributed by atoms with van der Waals surface area (Å²) in [5.74, 6) is 5.27. The predicted octanol–water partition coefficient (Wildman–Crippen LogP) is 2.08. The molecule has 3 N–H and O–H groups in total. The fourth-order valence-electron chi connectivity index (χ4n) is 1.80. The number of aryl methyl sites for hydroxylation is 1. The van der Waals surface area contributed by atoms with Crippen LogP contribution in [0.5, 0.6) is 0 Å². The number of nitrogens with two attached hydrogens (primary N) is 1. The molecule has 4 heteroatoms. The standard InChI is InChI=1S/C13H14FN3/c1-9-5-6-10(14)8-11(9)13(17-15)12-4-2-3-7-16-12/h2-8,13,17H,15H2,1H3. The number of nitrogens with one attached hydrogen (secondary N) is 1. The average Bonchev–Trinajstić information content (AvgIpc) is 2.36. The Balaban J connectivity index is 2.46. The lowest BCUT2D eigenvalue weighted by Gasteiger charge is -2.18. The summed E-state index contributed by atoms with van der Waals surface area (Å²) in [6.07, 6.45) is 1.69. The van der Waals surface area contributed by atoms with Gasteiger partial charge in [-0.3, -0.25) is 10.8 Å². The Labute approximate surface area is 99.5 Å². The lowest BCUT2D eigenvalue weighted by Crippen LogP contribution is -2.30. The maximum Gasteiger partial charge on any atom is 0.123 e. The Bertz CT molecular complexity index is 499. The molecule has 0 saturated carbocycles. The number of benzene rings is 1. The van der Waals surface area contributed by atoms with Gasteiger partial charge in [-0.2, -0.15) is 0 Å². The highest BCUT2D eigenvalue weighted by Gasteiger charge is 2.16. The van der Waals surface area contributed by atoms with Crippen molar-refractivity contribution in [2.75, 3.05) is 0 Å². The third kappa shape index (κ3) is 2.49. The van der Waals surface area contributed by atoms with Crippen molar-refractivity contribution in [1.29, 1.82) is 0 Å². The van der Waals surface area contributed by atoms with Crippen molar-refractivity contribution in [3.05, 3.63) is 65.2 Å². The molecule has 0 spiro atoms. The summed E-state index contributed by atoms with van der Waals surface area (Å²) in [4.78, 5) is 4.23. The van der Waals surface area contributed by atoms with Gasteiger partial charge < -0.3 is 0 Å². The van der Waals surface area contributed by atoms with Crippen LogP contribution in [0.25, 0.3) is 0 Å². The zero-order valence-corrected chi connectivity index (χ0v) is 9.52. The van der Waals surface area contributed by atoms with Crippen LogP contribution in [0.15, 0.2) is 42.6 Å². The van der Waals surface area contributed by atoms with Crippen LogP contribution in [-0.4, -0.2) is 4.98 Å². The van der Waals surface area contributed by atoms with Crippen molar-refractivity contribution in [2.24, 2.45) is 5.84 Å². The topological polar surface area (TPSA) is 50.9 Å². The third-order valence-corrected chi connectivity index (χ3v) is 2.70. The summed E-state index contributed by atoms with van der Waals surface area (Å²) in [6.45, 7) is 1.92.